The van der Waals surface area contributed by atoms with Gasteiger partial charge in [0.25, 0.3) is 0 Å². The molecule has 1 heterocycles. The predicted molar refractivity (Wildman–Crippen MR) is 93.0 cm³/mol. The van der Waals surface area contributed by atoms with Gasteiger partial charge in [-0.05, 0) is 37.5 Å². The van der Waals surface area contributed by atoms with Crippen molar-refractivity contribution in [3.8, 4) is 0 Å². The number of benzene rings is 1. The van der Waals surface area contributed by atoms with Crippen molar-refractivity contribution in [2.75, 3.05) is 13.2 Å². The Hall–Kier alpha value is -1.85. The minimum atomic E-state index is -0.366. The number of carbonyl (C=O) groups is 2. The van der Waals surface area contributed by atoms with E-state index in [1.807, 2.05) is 12.1 Å². The SMILES string of the molecule is CCOC(=O)COC1CCC2C(=O)C(c3ccc(Cl)cc3)=COC2C1. The van der Waals surface area contributed by atoms with Gasteiger partial charge in [0.05, 0.1) is 30.5 Å². The van der Waals surface area contributed by atoms with Gasteiger partial charge in [-0.2, -0.15) is 0 Å². The van der Waals surface area contributed by atoms with Crippen molar-refractivity contribution in [3.63, 3.8) is 0 Å². The van der Waals surface area contributed by atoms with E-state index < -0.39 is 0 Å². The molecule has 134 valence electrons. The van der Waals surface area contributed by atoms with E-state index in [0.29, 0.717) is 30.0 Å². The summed E-state index contributed by atoms with van der Waals surface area (Å²) in [6.45, 7) is 2.04. The number of hydrogen-bond acceptors (Lipinski definition) is 5. The summed E-state index contributed by atoms with van der Waals surface area (Å²) in [5, 5.41) is 0.630. The molecule has 3 rings (SSSR count). The molecule has 2 aliphatic rings. The molecule has 1 aromatic carbocycles. The second-order valence-corrected chi connectivity index (χ2v) is 6.67. The molecule has 3 unspecified atom stereocenters. The minimum Gasteiger partial charge on any atom is -0.496 e. The average molecular weight is 365 g/mol. The summed E-state index contributed by atoms with van der Waals surface area (Å²) in [7, 11) is 0. The van der Waals surface area contributed by atoms with Crippen molar-refractivity contribution in [1.82, 2.24) is 0 Å². The molecular formula is C19H21ClO5. The van der Waals surface area contributed by atoms with Gasteiger partial charge in [-0.3, -0.25) is 4.79 Å². The van der Waals surface area contributed by atoms with Gasteiger partial charge in [0, 0.05) is 11.4 Å². The fourth-order valence-corrected chi connectivity index (χ4v) is 3.46. The lowest BCUT2D eigenvalue weighted by atomic mass is 9.78. The number of Topliss-reactive ketones (excluding diaryl/α,β-unsaturated/α-hetero) is 1. The van der Waals surface area contributed by atoms with Gasteiger partial charge in [-0.25, -0.2) is 4.79 Å². The average Bonchev–Trinajstić information content (AvgIpc) is 2.61. The molecule has 0 bridgehead atoms. The number of allylic oxidation sites excluding steroid dienone is 1. The zero-order valence-electron chi connectivity index (χ0n) is 14.1. The highest BCUT2D eigenvalue weighted by molar-refractivity contribution is 6.30. The van der Waals surface area contributed by atoms with Crippen LogP contribution in [0.5, 0.6) is 0 Å². The monoisotopic (exact) mass is 364 g/mol. The first-order valence-corrected chi connectivity index (χ1v) is 8.89. The maximum Gasteiger partial charge on any atom is 0.332 e. The van der Waals surface area contributed by atoms with Crippen LogP contribution in [0.25, 0.3) is 5.57 Å². The summed E-state index contributed by atoms with van der Waals surface area (Å²) in [5.74, 6) is -0.435. The van der Waals surface area contributed by atoms with Crippen molar-refractivity contribution in [2.24, 2.45) is 5.92 Å². The smallest absolute Gasteiger partial charge is 0.332 e. The molecule has 6 heteroatoms. The molecule has 0 saturated heterocycles. The minimum absolute atomic E-state index is 0.0598. The van der Waals surface area contributed by atoms with Crippen molar-refractivity contribution in [3.05, 3.63) is 41.1 Å². The molecule has 0 spiro atoms. The van der Waals surface area contributed by atoms with E-state index in [0.717, 1.165) is 12.0 Å². The van der Waals surface area contributed by atoms with E-state index >= 15 is 0 Å². The van der Waals surface area contributed by atoms with Crippen LogP contribution in [-0.2, 0) is 23.8 Å². The number of ether oxygens (including phenoxy) is 3. The Labute approximate surface area is 151 Å². The quantitative estimate of drug-likeness (QED) is 0.749. The second-order valence-electron chi connectivity index (χ2n) is 6.23. The Bertz CT molecular complexity index is 667. The summed E-state index contributed by atoms with van der Waals surface area (Å²) in [6, 6.07) is 7.17. The molecule has 5 nitrogen and oxygen atoms in total. The van der Waals surface area contributed by atoms with E-state index in [1.54, 1.807) is 25.3 Å². The molecular weight excluding hydrogens is 344 g/mol. The summed E-state index contributed by atoms with van der Waals surface area (Å²) in [6.07, 6.45) is 3.25. The number of fused-ring (bicyclic) bond motifs is 1. The fourth-order valence-electron chi connectivity index (χ4n) is 3.34. The number of hydrogen-bond donors (Lipinski definition) is 0. The molecule has 1 fully saturated rings. The Balaban J connectivity index is 1.62. The summed E-state index contributed by atoms with van der Waals surface area (Å²) in [5.41, 5.74) is 1.40. The summed E-state index contributed by atoms with van der Waals surface area (Å²) in [4.78, 5) is 24.2. The Morgan fingerprint density at radius 3 is 2.76 bits per heavy atom. The molecule has 0 radical (unpaired) electrons. The third kappa shape index (κ3) is 4.22. The zero-order chi connectivity index (χ0) is 17.8. The Morgan fingerprint density at radius 1 is 1.28 bits per heavy atom. The molecule has 1 aliphatic heterocycles. The van der Waals surface area contributed by atoms with E-state index in [1.165, 1.54) is 0 Å². The lowest BCUT2D eigenvalue weighted by Gasteiger charge is -2.37. The van der Waals surface area contributed by atoms with Crippen LogP contribution in [0.15, 0.2) is 30.5 Å². The van der Waals surface area contributed by atoms with Gasteiger partial charge in [-0.15, -0.1) is 0 Å². The maximum absolute atomic E-state index is 12.8. The number of ketones is 1. The molecule has 1 aliphatic carbocycles. The van der Waals surface area contributed by atoms with Gasteiger partial charge in [0.1, 0.15) is 12.7 Å². The van der Waals surface area contributed by atoms with Crippen LogP contribution in [0.2, 0.25) is 5.02 Å². The van der Waals surface area contributed by atoms with Crippen LogP contribution in [0, 0.1) is 5.92 Å². The summed E-state index contributed by atoms with van der Waals surface area (Å²) < 4.78 is 16.3. The standard InChI is InChI=1S/C19H21ClO5/c1-2-23-18(21)11-24-14-7-8-15-17(9-14)25-10-16(19(15)22)12-3-5-13(20)6-4-12/h3-6,10,14-15,17H,2,7-9,11H2,1H3. The van der Waals surface area contributed by atoms with Gasteiger partial charge < -0.3 is 14.2 Å². The van der Waals surface area contributed by atoms with E-state index in [9.17, 15) is 9.59 Å². The van der Waals surface area contributed by atoms with Crippen LogP contribution < -0.4 is 0 Å². The van der Waals surface area contributed by atoms with Crippen molar-refractivity contribution in [1.29, 1.82) is 0 Å². The van der Waals surface area contributed by atoms with E-state index in [-0.39, 0.29) is 36.5 Å². The normalized spacial score (nSPS) is 25.6. The van der Waals surface area contributed by atoms with Crippen LogP contribution >= 0.6 is 11.6 Å². The highest BCUT2D eigenvalue weighted by Gasteiger charge is 2.40. The van der Waals surface area contributed by atoms with Gasteiger partial charge in [0.2, 0.25) is 0 Å². The number of rotatable bonds is 5. The van der Waals surface area contributed by atoms with Crippen molar-refractivity contribution < 1.29 is 23.8 Å². The Kier molecular flexibility index (Phi) is 5.76. The maximum atomic E-state index is 12.8. The lowest BCUT2D eigenvalue weighted by Crippen LogP contribution is -2.41. The third-order valence-electron chi connectivity index (χ3n) is 4.60. The molecule has 0 amide bonds. The fraction of sp³-hybridized carbons (Fsp3) is 0.474. The Morgan fingerprint density at radius 2 is 2.04 bits per heavy atom. The summed E-state index contributed by atoms with van der Waals surface area (Å²) >= 11 is 5.90. The molecule has 25 heavy (non-hydrogen) atoms. The molecule has 1 aromatic rings. The second kappa shape index (κ2) is 8.02. The van der Waals surface area contributed by atoms with E-state index in [4.69, 9.17) is 25.8 Å². The third-order valence-corrected chi connectivity index (χ3v) is 4.86. The van der Waals surface area contributed by atoms with Gasteiger partial charge >= 0.3 is 5.97 Å². The first kappa shape index (κ1) is 18.0. The van der Waals surface area contributed by atoms with Crippen molar-refractivity contribution in [2.45, 2.75) is 38.4 Å². The van der Waals surface area contributed by atoms with Crippen LogP contribution in [0.4, 0.5) is 0 Å². The highest BCUT2D eigenvalue weighted by atomic mass is 35.5. The van der Waals surface area contributed by atoms with Gasteiger partial charge in [0.15, 0.2) is 5.78 Å². The van der Waals surface area contributed by atoms with Crippen molar-refractivity contribution >= 4 is 28.9 Å². The zero-order valence-corrected chi connectivity index (χ0v) is 14.8. The molecule has 1 saturated carbocycles. The van der Waals surface area contributed by atoms with Crippen LogP contribution in [0.1, 0.15) is 31.7 Å². The van der Waals surface area contributed by atoms with Crippen LogP contribution in [0.3, 0.4) is 0 Å². The number of halogens is 1. The van der Waals surface area contributed by atoms with Crippen LogP contribution in [-0.4, -0.2) is 37.2 Å². The molecule has 3 atom stereocenters. The first-order valence-electron chi connectivity index (χ1n) is 8.51. The van der Waals surface area contributed by atoms with Gasteiger partial charge in [-0.1, -0.05) is 23.7 Å². The molecule has 0 aromatic heterocycles. The molecule has 0 N–H and O–H groups in total. The predicted octanol–water partition coefficient (Wildman–Crippen LogP) is 3.40. The number of carbonyl (C=O) groups excluding carboxylic acids is 2. The van der Waals surface area contributed by atoms with E-state index in [2.05, 4.69) is 0 Å². The number of esters is 1. The topological polar surface area (TPSA) is 61.8 Å². The highest BCUT2D eigenvalue weighted by Crippen LogP contribution is 2.37. The first-order chi connectivity index (χ1) is 12.1. The lowest BCUT2D eigenvalue weighted by molar-refractivity contribution is -0.153. The largest absolute Gasteiger partial charge is 0.496 e.